The number of nitrogens with zero attached hydrogens (tertiary/aromatic N) is 3. The number of anilines is 1. The van der Waals surface area contributed by atoms with E-state index in [4.69, 9.17) is 10.5 Å². The molecule has 124 valence electrons. The SMILES string of the molecule is C=C[C@@H](Cn1c(I)cc2c(N)ncnc21)NC(=O)OC(C)(C)C. The summed E-state index contributed by atoms with van der Waals surface area (Å²) in [6, 6.07) is 1.61. The van der Waals surface area contributed by atoms with Crippen LogP contribution in [0.15, 0.2) is 25.0 Å². The molecule has 0 aliphatic rings. The Bertz CT molecular complexity index is 735. The third-order valence-electron chi connectivity index (χ3n) is 3.04. The first-order valence-corrected chi connectivity index (χ1v) is 8.16. The van der Waals surface area contributed by atoms with Gasteiger partial charge >= 0.3 is 6.09 Å². The van der Waals surface area contributed by atoms with Gasteiger partial charge in [0.15, 0.2) is 0 Å². The minimum Gasteiger partial charge on any atom is -0.444 e. The Balaban J connectivity index is 2.20. The quantitative estimate of drug-likeness (QED) is 0.576. The molecule has 0 radical (unpaired) electrons. The van der Waals surface area contributed by atoms with Crippen LogP contribution in [0.5, 0.6) is 0 Å². The van der Waals surface area contributed by atoms with Crippen LogP contribution in [0, 0.1) is 3.70 Å². The minimum atomic E-state index is -0.550. The highest BCUT2D eigenvalue weighted by Gasteiger charge is 2.20. The van der Waals surface area contributed by atoms with E-state index in [2.05, 4.69) is 44.5 Å². The topological polar surface area (TPSA) is 95.1 Å². The first kappa shape index (κ1) is 17.5. The molecule has 0 spiro atoms. The van der Waals surface area contributed by atoms with Crippen LogP contribution >= 0.6 is 22.6 Å². The smallest absolute Gasteiger partial charge is 0.408 e. The summed E-state index contributed by atoms with van der Waals surface area (Å²) in [5, 5.41) is 3.58. The summed E-state index contributed by atoms with van der Waals surface area (Å²) in [6.45, 7) is 9.70. The second kappa shape index (κ2) is 6.73. The first-order valence-electron chi connectivity index (χ1n) is 7.08. The van der Waals surface area contributed by atoms with Crippen LogP contribution in [-0.2, 0) is 11.3 Å². The molecule has 2 aromatic heterocycles. The number of aromatic nitrogens is 3. The van der Waals surface area contributed by atoms with Gasteiger partial charge in [-0.15, -0.1) is 6.58 Å². The summed E-state index contributed by atoms with van der Waals surface area (Å²) >= 11 is 2.20. The molecule has 2 heterocycles. The standard InChI is InChI=1S/C15H20IN5O2/c1-5-9(20-14(22)23-15(2,3)4)7-21-11(16)6-10-12(17)18-8-19-13(10)21/h5-6,8-9H,1,7H2,2-4H3,(H,20,22)(H2,17,18,19)/t9-/m0/s1. The van der Waals surface area contributed by atoms with Gasteiger partial charge in [-0.2, -0.15) is 0 Å². The molecule has 0 aliphatic carbocycles. The average molecular weight is 429 g/mol. The summed E-state index contributed by atoms with van der Waals surface area (Å²) in [7, 11) is 0. The maximum absolute atomic E-state index is 11.9. The summed E-state index contributed by atoms with van der Waals surface area (Å²) in [6.07, 6.45) is 2.60. The van der Waals surface area contributed by atoms with E-state index in [0.717, 1.165) is 14.7 Å². The van der Waals surface area contributed by atoms with E-state index in [0.29, 0.717) is 12.4 Å². The molecule has 8 heteroatoms. The molecule has 2 aromatic rings. The van der Waals surface area contributed by atoms with Crippen molar-refractivity contribution in [1.82, 2.24) is 19.9 Å². The van der Waals surface area contributed by atoms with E-state index < -0.39 is 11.7 Å². The number of hydrogen-bond acceptors (Lipinski definition) is 5. The van der Waals surface area contributed by atoms with E-state index in [-0.39, 0.29) is 6.04 Å². The normalized spacial score (nSPS) is 12.9. The highest BCUT2D eigenvalue weighted by atomic mass is 127. The van der Waals surface area contributed by atoms with Gasteiger partial charge in [0.2, 0.25) is 0 Å². The van der Waals surface area contributed by atoms with Gasteiger partial charge in [0.1, 0.15) is 23.4 Å². The highest BCUT2D eigenvalue weighted by molar-refractivity contribution is 14.1. The van der Waals surface area contributed by atoms with Crippen LogP contribution in [-0.4, -0.2) is 32.3 Å². The average Bonchev–Trinajstić information content (AvgIpc) is 2.74. The molecule has 1 atom stereocenters. The number of fused-ring (bicyclic) bond motifs is 1. The van der Waals surface area contributed by atoms with Crippen LogP contribution < -0.4 is 11.1 Å². The van der Waals surface area contributed by atoms with E-state index in [1.54, 1.807) is 6.08 Å². The zero-order valence-corrected chi connectivity index (χ0v) is 15.5. The fourth-order valence-electron chi connectivity index (χ4n) is 2.06. The highest BCUT2D eigenvalue weighted by Crippen LogP contribution is 2.23. The third-order valence-corrected chi connectivity index (χ3v) is 3.93. The summed E-state index contributed by atoms with van der Waals surface area (Å²) in [5.74, 6) is 0.432. The van der Waals surface area contributed by atoms with Crippen molar-refractivity contribution < 1.29 is 9.53 Å². The molecule has 1 amide bonds. The van der Waals surface area contributed by atoms with Crippen molar-refractivity contribution in [3.05, 3.63) is 28.7 Å². The van der Waals surface area contributed by atoms with Crippen molar-refractivity contribution in [1.29, 1.82) is 0 Å². The zero-order chi connectivity index (χ0) is 17.2. The number of nitrogen functional groups attached to an aromatic ring is 1. The fraction of sp³-hybridized carbons (Fsp3) is 0.400. The molecule has 0 unspecified atom stereocenters. The third kappa shape index (κ3) is 4.34. The number of ether oxygens (including phenoxy) is 1. The van der Waals surface area contributed by atoms with Gasteiger partial charge in [-0.05, 0) is 49.4 Å². The molecule has 2 rings (SSSR count). The predicted octanol–water partition coefficient (Wildman–Crippen LogP) is 2.70. The van der Waals surface area contributed by atoms with Crippen LogP contribution in [0.4, 0.5) is 10.6 Å². The lowest BCUT2D eigenvalue weighted by atomic mass is 10.2. The number of halogens is 1. The Labute approximate surface area is 148 Å². The van der Waals surface area contributed by atoms with Gasteiger partial charge in [0.25, 0.3) is 0 Å². The first-order chi connectivity index (χ1) is 10.7. The monoisotopic (exact) mass is 429 g/mol. The van der Waals surface area contributed by atoms with E-state index in [9.17, 15) is 4.79 Å². The number of alkyl carbamates (subject to hydrolysis) is 1. The van der Waals surface area contributed by atoms with Gasteiger partial charge in [0, 0.05) is 6.54 Å². The zero-order valence-electron chi connectivity index (χ0n) is 13.3. The van der Waals surface area contributed by atoms with E-state index in [1.807, 2.05) is 31.4 Å². The lowest BCUT2D eigenvalue weighted by molar-refractivity contribution is 0.0511. The lowest BCUT2D eigenvalue weighted by Crippen LogP contribution is -2.40. The van der Waals surface area contributed by atoms with Gasteiger partial charge in [-0.3, -0.25) is 0 Å². The number of carbonyl (C=O) groups excluding carboxylic acids is 1. The van der Waals surface area contributed by atoms with Crippen LogP contribution in [0.2, 0.25) is 0 Å². The molecule has 7 nitrogen and oxygen atoms in total. The van der Waals surface area contributed by atoms with Crippen molar-refractivity contribution in [2.75, 3.05) is 5.73 Å². The molecule has 0 fully saturated rings. The second-order valence-electron chi connectivity index (χ2n) is 6.06. The minimum absolute atomic E-state index is 0.301. The number of hydrogen-bond donors (Lipinski definition) is 2. The molecule has 0 saturated carbocycles. The molecular formula is C15H20IN5O2. The number of nitrogens with two attached hydrogens (primary N) is 1. The van der Waals surface area contributed by atoms with Crippen LogP contribution in [0.25, 0.3) is 11.0 Å². The Hall–Kier alpha value is -1.84. The molecule has 0 aliphatic heterocycles. The number of amides is 1. The molecule has 0 bridgehead atoms. The van der Waals surface area contributed by atoms with Gasteiger partial charge in [-0.25, -0.2) is 14.8 Å². The van der Waals surface area contributed by atoms with Crippen LogP contribution in [0.3, 0.4) is 0 Å². The van der Waals surface area contributed by atoms with Crippen molar-refractivity contribution in [3.8, 4) is 0 Å². The molecule has 3 N–H and O–H groups in total. The van der Waals surface area contributed by atoms with Crippen molar-refractivity contribution in [2.24, 2.45) is 0 Å². The van der Waals surface area contributed by atoms with Crippen molar-refractivity contribution >= 4 is 45.5 Å². The van der Waals surface area contributed by atoms with Crippen molar-refractivity contribution in [3.63, 3.8) is 0 Å². The summed E-state index contributed by atoms with van der Waals surface area (Å²) in [4.78, 5) is 20.2. The van der Waals surface area contributed by atoms with E-state index >= 15 is 0 Å². The predicted molar refractivity (Wildman–Crippen MR) is 98.0 cm³/mol. The van der Waals surface area contributed by atoms with Gasteiger partial charge in [0.05, 0.1) is 15.1 Å². The second-order valence-corrected chi connectivity index (χ2v) is 7.17. The lowest BCUT2D eigenvalue weighted by Gasteiger charge is -2.22. The number of nitrogens with one attached hydrogen (secondary N) is 1. The van der Waals surface area contributed by atoms with Crippen molar-refractivity contribution in [2.45, 2.75) is 39.0 Å². The van der Waals surface area contributed by atoms with Gasteiger partial charge in [-0.1, -0.05) is 6.08 Å². The molecular weight excluding hydrogens is 409 g/mol. The van der Waals surface area contributed by atoms with E-state index in [1.165, 1.54) is 6.33 Å². The Morgan fingerprint density at radius 2 is 2.26 bits per heavy atom. The largest absolute Gasteiger partial charge is 0.444 e. The van der Waals surface area contributed by atoms with Crippen LogP contribution in [0.1, 0.15) is 20.8 Å². The fourth-order valence-corrected chi connectivity index (χ4v) is 2.80. The Kier molecular flexibility index (Phi) is 5.12. The Morgan fingerprint density at radius 3 is 2.87 bits per heavy atom. The van der Waals surface area contributed by atoms with Gasteiger partial charge < -0.3 is 20.4 Å². The maximum atomic E-state index is 11.9. The molecule has 0 saturated heterocycles. The summed E-state index contributed by atoms with van der Waals surface area (Å²) in [5.41, 5.74) is 6.05. The molecule has 0 aromatic carbocycles. The maximum Gasteiger partial charge on any atom is 0.408 e. The Morgan fingerprint density at radius 1 is 1.57 bits per heavy atom. The number of rotatable bonds is 4. The molecule has 23 heavy (non-hydrogen) atoms. The summed E-state index contributed by atoms with van der Waals surface area (Å²) < 4.78 is 8.17. The number of carbonyl (C=O) groups is 1.